The van der Waals surface area contributed by atoms with Crippen molar-refractivity contribution in [2.24, 2.45) is 5.10 Å². The SMILES string of the molecule is COC(=O)C1=NN(c2ccc(C)cc2)[C@]2(S1)SC(C(=O)OC)=C(C)N2C. The van der Waals surface area contributed by atoms with Gasteiger partial charge in [0.05, 0.1) is 19.9 Å². The molecule has 2 aliphatic heterocycles. The lowest BCUT2D eigenvalue weighted by Gasteiger charge is -2.39. The number of carbonyl (C=O) groups is 2. The van der Waals surface area contributed by atoms with E-state index in [2.05, 4.69) is 5.10 Å². The normalized spacial score (nSPS) is 22.1. The Bertz CT molecular complexity index is 822. The van der Waals surface area contributed by atoms with Crippen LogP contribution in [0.25, 0.3) is 0 Å². The first-order valence-electron chi connectivity index (χ1n) is 7.79. The van der Waals surface area contributed by atoms with Gasteiger partial charge in [-0.25, -0.2) is 14.6 Å². The molecule has 1 atom stereocenters. The van der Waals surface area contributed by atoms with Crippen molar-refractivity contribution >= 4 is 46.2 Å². The fourth-order valence-electron chi connectivity index (χ4n) is 2.62. The molecule has 0 saturated heterocycles. The molecular formula is C17H19N3O4S2. The monoisotopic (exact) mass is 393 g/mol. The van der Waals surface area contributed by atoms with Crippen LogP contribution < -0.4 is 5.01 Å². The van der Waals surface area contributed by atoms with Crippen LogP contribution in [0.2, 0.25) is 0 Å². The Morgan fingerprint density at radius 2 is 1.65 bits per heavy atom. The minimum absolute atomic E-state index is 0.228. The van der Waals surface area contributed by atoms with Crippen molar-refractivity contribution in [3.05, 3.63) is 40.4 Å². The van der Waals surface area contributed by atoms with Crippen molar-refractivity contribution in [3.63, 3.8) is 0 Å². The molecule has 0 amide bonds. The van der Waals surface area contributed by atoms with Crippen molar-refractivity contribution in [1.82, 2.24) is 4.90 Å². The van der Waals surface area contributed by atoms with Gasteiger partial charge in [0.2, 0.25) is 9.37 Å². The van der Waals surface area contributed by atoms with Gasteiger partial charge < -0.3 is 14.4 Å². The quantitative estimate of drug-likeness (QED) is 0.726. The van der Waals surface area contributed by atoms with Crippen LogP contribution in [0.15, 0.2) is 40.0 Å². The maximum atomic E-state index is 12.2. The number of hydrogen-bond acceptors (Lipinski definition) is 9. The van der Waals surface area contributed by atoms with E-state index in [-0.39, 0.29) is 5.04 Å². The summed E-state index contributed by atoms with van der Waals surface area (Å²) in [5, 5.41) is 6.47. The summed E-state index contributed by atoms with van der Waals surface area (Å²) in [5.74, 6) is -0.922. The van der Waals surface area contributed by atoms with E-state index in [0.29, 0.717) is 4.91 Å². The number of carbonyl (C=O) groups excluding carboxylic acids is 2. The molecule has 0 saturated carbocycles. The van der Waals surface area contributed by atoms with Gasteiger partial charge in [-0.05, 0) is 37.7 Å². The highest BCUT2D eigenvalue weighted by Gasteiger charge is 2.56. The summed E-state index contributed by atoms with van der Waals surface area (Å²) in [4.78, 5) is 26.7. The molecule has 3 rings (SSSR count). The van der Waals surface area contributed by atoms with Crippen LogP contribution in [0.5, 0.6) is 0 Å². The molecule has 0 N–H and O–H groups in total. The van der Waals surface area contributed by atoms with Crippen molar-refractivity contribution in [3.8, 4) is 0 Å². The van der Waals surface area contributed by atoms with Crippen LogP contribution in [0.1, 0.15) is 12.5 Å². The first-order chi connectivity index (χ1) is 12.3. The maximum absolute atomic E-state index is 12.2. The van der Waals surface area contributed by atoms with Crippen LogP contribution in [-0.4, -0.2) is 47.5 Å². The number of esters is 2. The lowest BCUT2D eigenvalue weighted by Crippen LogP contribution is -2.47. The zero-order valence-corrected chi connectivity index (χ0v) is 16.7. The number of anilines is 1. The Labute approximate surface area is 160 Å². The molecule has 0 aromatic heterocycles. The van der Waals surface area contributed by atoms with Crippen LogP contribution in [0.4, 0.5) is 5.69 Å². The Kier molecular flexibility index (Phi) is 4.94. The molecule has 1 spiro atoms. The molecule has 138 valence electrons. The van der Waals surface area contributed by atoms with Gasteiger partial charge >= 0.3 is 11.9 Å². The molecule has 1 aromatic rings. The second kappa shape index (κ2) is 6.88. The van der Waals surface area contributed by atoms with Crippen molar-refractivity contribution < 1.29 is 19.1 Å². The number of ether oxygens (including phenoxy) is 2. The summed E-state index contributed by atoms with van der Waals surface area (Å²) < 4.78 is 8.91. The summed E-state index contributed by atoms with van der Waals surface area (Å²) in [7, 11) is 4.54. The second-order valence-corrected chi connectivity index (χ2v) is 8.36. The Balaban J connectivity index is 2.06. The van der Waals surface area contributed by atoms with E-state index in [1.807, 2.05) is 50.1 Å². The average molecular weight is 393 g/mol. The highest BCUT2D eigenvalue weighted by Crippen LogP contribution is 2.58. The molecule has 2 aliphatic rings. The third-order valence-electron chi connectivity index (χ3n) is 4.19. The van der Waals surface area contributed by atoms with Gasteiger partial charge in [-0.15, -0.1) is 0 Å². The number of hydrogen-bond donors (Lipinski definition) is 0. The maximum Gasteiger partial charge on any atom is 0.365 e. The molecule has 9 heteroatoms. The Hall–Kier alpha value is -2.13. The van der Waals surface area contributed by atoms with Crippen molar-refractivity contribution in [2.75, 3.05) is 26.3 Å². The Morgan fingerprint density at radius 3 is 2.23 bits per heavy atom. The summed E-state index contributed by atoms with van der Waals surface area (Å²) >= 11 is 2.55. The van der Waals surface area contributed by atoms with Crippen LogP contribution in [0, 0.1) is 6.92 Å². The molecular weight excluding hydrogens is 374 g/mol. The van der Waals surface area contributed by atoms with Crippen molar-refractivity contribution in [1.29, 1.82) is 0 Å². The molecule has 0 radical (unpaired) electrons. The van der Waals surface area contributed by atoms with E-state index >= 15 is 0 Å². The fourth-order valence-corrected chi connectivity index (χ4v) is 5.54. The highest BCUT2D eigenvalue weighted by atomic mass is 32.2. The van der Waals surface area contributed by atoms with Crippen LogP contribution in [-0.2, 0) is 19.1 Å². The summed E-state index contributed by atoms with van der Waals surface area (Å²) in [6, 6.07) is 7.81. The molecule has 26 heavy (non-hydrogen) atoms. The smallest absolute Gasteiger partial charge is 0.365 e. The van der Waals surface area contributed by atoms with E-state index in [1.165, 1.54) is 37.7 Å². The standard InChI is InChI=1S/C17H19N3O4S2/c1-10-6-8-12(9-7-10)20-17(26-14(18-20)16(22)24-5)19(3)11(2)13(25-17)15(21)23-4/h6-9H,1-5H3/t17-/m0/s1. The van der Waals surface area contributed by atoms with E-state index in [0.717, 1.165) is 16.9 Å². The third-order valence-corrected chi connectivity index (χ3v) is 7.22. The van der Waals surface area contributed by atoms with Gasteiger partial charge in [0.15, 0.2) is 0 Å². The zero-order chi connectivity index (χ0) is 19.1. The number of allylic oxidation sites excluding steroid dienone is 1. The van der Waals surface area contributed by atoms with Crippen LogP contribution in [0.3, 0.4) is 0 Å². The third kappa shape index (κ3) is 2.84. The largest absolute Gasteiger partial charge is 0.465 e. The van der Waals surface area contributed by atoms with Crippen LogP contribution >= 0.6 is 23.5 Å². The first-order valence-corrected chi connectivity index (χ1v) is 9.42. The van der Waals surface area contributed by atoms with Gasteiger partial charge in [0.25, 0.3) is 0 Å². The van der Waals surface area contributed by atoms with E-state index < -0.39 is 16.3 Å². The number of methoxy groups -OCH3 is 2. The Morgan fingerprint density at radius 1 is 1.04 bits per heavy atom. The number of aryl methyl sites for hydroxylation is 1. The molecule has 0 aliphatic carbocycles. The van der Waals surface area contributed by atoms with E-state index in [9.17, 15) is 9.59 Å². The highest BCUT2D eigenvalue weighted by molar-refractivity contribution is 8.28. The zero-order valence-electron chi connectivity index (χ0n) is 15.1. The second-order valence-electron chi connectivity index (χ2n) is 5.76. The first kappa shape index (κ1) is 18.7. The van der Waals surface area contributed by atoms with Gasteiger partial charge in [-0.1, -0.05) is 29.5 Å². The molecule has 0 fully saturated rings. The molecule has 0 unspecified atom stereocenters. The topological polar surface area (TPSA) is 71.4 Å². The molecule has 0 bridgehead atoms. The lowest BCUT2D eigenvalue weighted by atomic mass is 10.2. The molecule has 7 nitrogen and oxygen atoms in total. The number of thioether (sulfide) groups is 2. The fraction of sp³-hybridized carbons (Fsp3) is 0.353. The predicted molar refractivity (Wildman–Crippen MR) is 104 cm³/mol. The summed E-state index contributed by atoms with van der Waals surface area (Å²) in [6.07, 6.45) is 0. The van der Waals surface area contributed by atoms with Gasteiger partial charge in [0, 0.05) is 12.7 Å². The van der Waals surface area contributed by atoms with Crippen molar-refractivity contribution in [2.45, 2.75) is 18.2 Å². The molecule has 1 aromatic carbocycles. The predicted octanol–water partition coefficient (Wildman–Crippen LogP) is 2.73. The number of rotatable bonds is 3. The minimum Gasteiger partial charge on any atom is -0.465 e. The summed E-state index contributed by atoms with van der Waals surface area (Å²) in [5.41, 5.74) is 2.68. The number of hydrazone groups is 1. The lowest BCUT2D eigenvalue weighted by molar-refractivity contribution is -0.135. The average Bonchev–Trinajstić information content (AvgIpc) is 3.15. The number of benzene rings is 1. The van der Waals surface area contributed by atoms with E-state index in [1.54, 1.807) is 5.01 Å². The van der Waals surface area contributed by atoms with Gasteiger partial charge in [0.1, 0.15) is 4.91 Å². The summed E-state index contributed by atoms with van der Waals surface area (Å²) in [6.45, 7) is 3.84. The van der Waals surface area contributed by atoms with Gasteiger partial charge in [-0.3, -0.25) is 0 Å². The van der Waals surface area contributed by atoms with Gasteiger partial charge in [-0.2, -0.15) is 5.10 Å². The number of nitrogens with zero attached hydrogens (tertiary/aromatic N) is 3. The minimum atomic E-state index is -0.841. The van der Waals surface area contributed by atoms with E-state index in [4.69, 9.17) is 9.47 Å². The molecule has 2 heterocycles.